The van der Waals surface area contributed by atoms with E-state index < -0.39 is 12.3 Å². The van der Waals surface area contributed by atoms with Crippen molar-refractivity contribution in [3.8, 4) is 0 Å². The van der Waals surface area contributed by atoms with Crippen LogP contribution in [0.5, 0.6) is 0 Å². The summed E-state index contributed by atoms with van der Waals surface area (Å²) < 4.78 is 4.38. The molecule has 0 atom stereocenters. The molecule has 102 valence electrons. The van der Waals surface area contributed by atoms with E-state index in [2.05, 4.69) is 15.4 Å². The average molecular weight is 267 g/mol. The number of carbonyl (C=O) groups is 3. The molecule has 0 aromatic heterocycles. The predicted molar refractivity (Wildman–Crippen MR) is 64.3 cm³/mol. The normalized spacial score (nSPS) is 9.63. The van der Waals surface area contributed by atoms with Crippen molar-refractivity contribution in [1.82, 2.24) is 10.6 Å². The van der Waals surface area contributed by atoms with E-state index in [1.54, 1.807) is 12.1 Å². The summed E-state index contributed by atoms with van der Waals surface area (Å²) in [5, 5.41) is 14.6. The molecule has 0 fully saturated rings. The number of hydrogen-bond acceptors (Lipinski definition) is 5. The van der Waals surface area contributed by atoms with E-state index in [0.717, 1.165) is 7.11 Å². The molecule has 0 aliphatic heterocycles. The SMILES string of the molecule is COC(=O)N(O)c1ccccc1C(NC=O)NC=O. The predicted octanol–water partition coefficient (Wildman–Crippen LogP) is 0.139. The zero-order chi connectivity index (χ0) is 14.3. The third kappa shape index (κ3) is 3.42. The van der Waals surface area contributed by atoms with Gasteiger partial charge < -0.3 is 15.4 Å². The van der Waals surface area contributed by atoms with Crippen molar-refractivity contribution in [2.45, 2.75) is 6.17 Å². The Morgan fingerprint density at radius 1 is 1.32 bits per heavy atom. The Bertz CT molecular complexity index is 455. The van der Waals surface area contributed by atoms with Gasteiger partial charge in [-0.05, 0) is 6.07 Å². The smallest absolute Gasteiger partial charge is 0.438 e. The zero-order valence-corrected chi connectivity index (χ0v) is 10.1. The van der Waals surface area contributed by atoms with Crippen LogP contribution in [0.15, 0.2) is 24.3 Å². The molecule has 0 unspecified atom stereocenters. The minimum absolute atomic E-state index is 0.0723. The van der Waals surface area contributed by atoms with Gasteiger partial charge in [0.05, 0.1) is 12.8 Å². The standard InChI is InChI=1S/C11H13N3O5/c1-19-11(17)14(18)9-5-3-2-4-8(9)10(12-6-15)13-7-16/h2-7,10,18H,1H3,(H,12,15)(H,13,16). The summed E-state index contributed by atoms with van der Waals surface area (Å²) in [6, 6.07) is 6.15. The number of hydroxylamine groups is 1. The molecule has 19 heavy (non-hydrogen) atoms. The number of para-hydroxylation sites is 1. The maximum absolute atomic E-state index is 11.3. The van der Waals surface area contributed by atoms with E-state index in [1.165, 1.54) is 12.1 Å². The van der Waals surface area contributed by atoms with Crippen molar-refractivity contribution in [1.29, 1.82) is 0 Å². The number of methoxy groups -OCH3 is 1. The average Bonchev–Trinajstić information content (AvgIpc) is 2.45. The first-order chi connectivity index (χ1) is 9.15. The van der Waals surface area contributed by atoms with Gasteiger partial charge in [-0.25, -0.2) is 4.79 Å². The van der Waals surface area contributed by atoms with Crippen LogP contribution < -0.4 is 15.7 Å². The fourth-order valence-electron chi connectivity index (χ4n) is 1.47. The second-order valence-corrected chi connectivity index (χ2v) is 3.34. The van der Waals surface area contributed by atoms with E-state index in [4.69, 9.17) is 0 Å². The van der Waals surface area contributed by atoms with Gasteiger partial charge in [-0.2, -0.15) is 5.06 Å². The van der Waals surface area contributed by atoms with Crippen LogP contribution in [0.3, 0.4) is 0 Å². The third-order valence-corrected chi connectivity index (χ3v) is 2.29. The van der Waals surface area contributed by atoms with Crippen LogP contribution in [0.4, 0.5) is 10.5 Å². The maximum Gasteiger partial charge on any atom is 0.438 e. The summed E-state index contributed by atoms with van der Waals surface area (Å²) in [6.07, 6.45) is -1.11. The Hall–Kier alpha value is -2.61. The highest BCUT2D eigenvalue weighted by Crippen LogP contribution is 2.24. The van der Waals surface area contributed by atoms with Gasteiger partial charge >= 0.3 is 6.09 Å². The molecule has 1 rings (SSSR count). The molecule has 1 aromatic rings. The zero-order valence-electron chi connectivity index (χ0n) is 10.1. The topological polar surface area (TPSA) is 108 Å². The van der Waals surface area contributed by atoms with E-state index in [0.29, 0.717) is 18.4 Å². The van der Waals surface area contributed by atoms with Crippen molar-refractivity contribution in [3.63, 3.8) is 0 Å². The van der Waals surface area contributed by atoms with E-state index in [-0.39, 0.29) is 10.8 Å². The van der Waals surface area contributed by atoms with E-state index in [9.17, 15) is 19.6 Å². The Balaban J connectivity index is 3.15. The van der Waals surface area contributed by atoms with Gasteiger partial charge in [0.25, 0.3) is 0 Å². The molecule has 0 saturated heterocycles. The van der Waals surface area contributed by atoms with Gasteiger partial charge in [0.1, 0.15) is 6.17 Å². The lowest BCUT2D eigenvalue weighted by Crippen LogP contribution is -2.35. The van der Waals surface area contributed by atoms with Gasteiger partial charge in [-0.3, -0.25) is 14.8 Å². The molecule has 0 spiro atoms. The lowest BCUT2D eigenvalue weighted by Gasteiger charge is -2.22. The van der Waals surface area contributed by atoms with Gasteiger partial charge in [-0.15, -0.1) is 0 Å². The van der Waals surface area contributed by atoms with Crippen LogP contribution >= 0.6 is 0 Å². The first-order valence-electron chi connectivity index (χ1n) is 5.21. The third-order valence-electron chi connectivity index (χ3n) is 2.29. The summed E-state index contributed by atoms with van der Waals surface area (Å²) in [5.41, 5.74) is 0.387. The van der Waals surface area contributed by atoms with Crippen molar-refractivity contribution < 1.29 is 24.3 Å². The summed E-state index contributed by atoms with van der Waals surface area (Å²) in [7, 11) is 1.11. The molecule has 0 bridgehead atoms. The number of benzene rings is 1. The Kier molecular flexibility index (Phi) is 5.30. The summed E-state index contributed by atoms with van der Waals surface area (Å²) in [5.74, 6) is 0. The minimum atomic E-state index is -0.997. The number of ether oxygens (including phenoxy) is 1. The number of amides is 3. The van der Waals surface area contributed by atoms with Gasteiger partial charge in [0.15, 0.2) is 0 Å². The van der Waals surface area contributed by atoms with Crippen LogP contribution in [0.1, 0.15) is 11.7 Å². The number of nitrogens with one attached hydrogen (secondary N) is 2. The highest BCUT2D eigenvalue weighted by Gasteiger charge is 2.21. The molecule has 3 amide bonds. The van der Waals surface area contributed by atoms with Crippen molar-refractivity contribution in [2.75, 3.05) is 12.2 Å². The fourth-order valence-corrected chi connectivity index (χ4v) is 1.47. The second-order valence-electron chi connectivity index (χ2n) is 3.34. The van der Waals surface area contributed by atoms with Crippen molar-refractivity contribution >= 4 is 24.6 Å². The largest absolute Gasteiger partial charge is 0.451 e. The molecular weight excluding hydrogens is 254 g/mol. The van der Waals surface area contributed by atoms with E-state index in [1.807, 2.05) is 0 Å². The first-order valence-corrected chi connectivity index (χ1v) is 5.21. The monoisotopic (exact) mass is 267 g/mol. The second kappa shape index (κ2) is 6.97. The molecule has 3 N–H and O–H groups in total. The molecule has 0 radical (unpaired) electrons. The lowest BCUT2D eigenvalue weighted by atomic mass is 10.1. The summed E-state index contributed by atoms with van der Waals surface area (Å²) >= 11 is 0. The molecule has 8 heteroatoms. The fraction of sp³-hybridized carbons (Fsp3) is 0.182. The number of hydrogen-bond donors (Lipinski definition) is 3. The van der Waals surface area contributed by atoms with Crippen molar-refractivity contribution in [3.05, 3.63) is 29.8 Å². The summed E-state index contributed by atoms with van der Waals surface area (Å²) in [4.78, 5) is 32.3. The number of rotatable bonds is 6. The molecule has 0 heterocycles. The molecule has 0 saturated carbocycles. The van der Waals surface area contributed by atoms with Crippen LogP contribution in [0, 0.1) is 0 Å². The highest BCUT2D eigenvalue weighted by atomic mass is 16.6. The van der Waals surface area contributed by atoms with E-state index >= 15 is 0 Å². The number of carbonyl (C=O) groups excluding carboxylic acids is 3. The van der Waals surface area contributed by atoms with Crippen LogP contribution in [-0.4, -0.2) is 31.2 Å². The first kappa shape index (κ1) is 14.5. The molecule has 0 aliphatic carbocycles. The number of nitrogens with zero attached hydrogens (tertiary/aromatic N) is 1. The van der Waals surface area contributed by atoms with Crippen LogP contribution in [0.2, 0.25) is 0 Å². The lowest BCUT2D eigenvalue weighted by molar-refractivity contribution is -0.112. The molecule has 8 nitrogen and oxygen atoms in total. The van der Waals surface area contributed by atoms with Gasteiger partial charge in [0.2, 0.25) is 12.8 Å². The highest BCUT2D eigenvalue weighted by molar-refractivity contribution is 5.86. The van der Waals surface area contributed by atoms with Gasteiger partial charge in [0, 0.05) is 5.56 Å². The Morgan fingerprint density at radius 3 is 2.42 bits per heavy atom. The summed E-state index contributed by atoms with van der Waals surface area (Å²) in [6.45, 7) is 0. The van der Waals surface area contributed by atoms with Crippen LogP contribution in [0.25, 0.3) is 0 Å². The molecule has 0 aliphatic rings. The molecular formula is C11H13N3O5. The van der Waals surface area contributed by atoms with Gasteiger partial charge in [-0.1, -0.05) is 18.2 Å². The minimum Gasteiger partial charge on any atom is -0.451 e. The Morgan fingerprint density at radius 2 is 1.89 bits per heavy atom. The Labute approximate surface area is 108 Å². The molecule has 1 aromatic carbocycles. The number of anilines is 1. The maximum atomic E-state index is 11.3. The van der Waals surface area contributed by atoms with Crippen molar-refractivity contribution in [2.24, 2.45) is 0 Å². The quantitative estimate of drug-likeness (QED) is 0.294. The van der Waals surface area contributed by atoms with Crippen LogP contribution in [-0.2, 0) is 14.3 Å².